The molecule has 0 saturated heterocycles. The van der Waals surface area contributed by atoms with E-state index in [-0.39, 0.29) is 17.8 Å². The van der Waals surface area contributed by atoms with Gasteiger partial charge in [-0.2, -0.15) is 4.31 Å². The highest BCUT2D eigenvalue weighted by Crippen LogP contribution is 2.14. The summed E-state index contributed by atoms with van der Waals surface area (Å²) in [5.41, 5.74) is 0.412. The number of nitrogens with zero attached hydrogens (tertiary/aromatic N) is 1. The van der Waals surface area contributed by atoms with Crippen LogP contribution in [-0.4, -0.2) is 23.9 Å². The van der Waals surface area contributed by atoms with E-state index in [2.05, 4.69) is 15.9 Å². The quantitative estimate of drug-likeness (QED) is 0.779. The molecule has 0 heterocycles. The minimum Gasteiger partial charge on any atom is -0.211 e. The summed E-state index contributed by atoms with van der Waals surface area (Å²) in [6.45, 7) is 1.98. The molecule has 0 atom stereocenters. The van der Waals surface area contributed by atoms with Gasteiger partial charge >= 0.3 is 0 Å². The second-order valence-corrected chi connectivity index (χ2v) is 6.67. The summed E-state index contributed by atoms with van der Waals surface area (Å²) >= 11 is 2.89. The average Bonchev–Trinajstić information content (AvgIpc) is 2.30. The van der Waals surface area contributed by atoms with Gasteiger partial charge in [0.1, 0.15) is 4.66 Å². The van der Waals surface area contributed by atoms with Crippen molar-refractivity contribution in [3.63, 3.8) is 0 Å². The van der Waals surface area contributed by atoms with Gasteiger partial charge in [-0.15, -0.1) is 0 Å². The standard InChI is InChI=1S/C10H12BrF2NO2S/c1-2-14(17(15,16)7-11)6-8-3-4-9(12)10(13)5-8/h3-5H,2,6-7H2,1H3. The molecule has 17 heavy (non-hydrogen) atoms. The Morgan fingerprint density at radius 3 is 2.41 bits per heavy atom. The molecular weight excluding hydrogens is 316 g/mol. The Balaban J connectivity index is 2.92. The highest BCUT2D eigenvalue weighted by Gasteiger charge is 2.19. The van der Waals surface area contributed by atoms with Gasteiger partial charge in [0.2, 0.25) is 10.0 Å². The number of benzene rings is 1. The minimum atomic E-state index is -3.40. The second-order valence-electron chi connectivity index (χ2n) is 3.40. The van der Waals surface area contributed by atoms with Crippen molar-refractivity contribution in [2.24, 2.45) is 0 Å². The van der Waals surface area contributed by atoms with Crippen LogP contribution >= 0.6 is 15.9 Å². The van der Waals surface area contributed by atoms with Gasteiger partial charge < -0.3 is 0 Å². The fourth-order valence-corrected chi connectivity index (χ4v) is 3.06. The largest absolute Gasteiger partial charge is 0.224 e. The predicted molar refractivity (Wildman–Crippen MR) is 65.2 cm³/mol. The first-order chi connectivity index (χ1) is 7.90. The number of hydrogen-bond acceptors (Lipinski definition) is 2. The lowest BCUT2D eigenvalue weighted by Crippen LogP contribution is -2.31. The molecule has 0 bridgehead atoms. The van der Waals surface area contributed by atoms with E-state index in [4.69, 9.17) is 0 Å². The highest BCUT2D eigenvalue weighted by atomic mass is 79.9. The molecule has 0 saturated carbocycles. The van der Waals surface area contributed by atoms with Crippen LogP contribution in [0.15, 0.2) is 18.2 Å². The zero-order chi connectivity index (χ0) is 13.1. The average molecular weight is 328 g/mol. The third-order valence-electron chi connectivity index (χ3n) is 2.23. The van der Waals surface area contributed by atoms with Crippen LogP contribution in [-0.2, 0) is 16.6 Å². The maximum Gasteiger partial charge on any atom is 0.224 e. The van der Waals surface area contributed by atoms with Gasteiger partial charge in [0.25, 0.3) is 0 Å². The summed E-state index contributed by atoms with van der Waals surface area (Å²) in [4.78, 5) is 0. The van der Waals surface area contributed by atoms with Gasteiger partial charge in [-0.1, -0.05) is 28.9 Å². The molecule has 3 nitrogen and oxygen atoms in total. The molecular formula is C10H12BrF2NO2S. The zero-order valence-electron chi connectivity index (χ0n) is 9.16. The van der Waals surface area contributed by atoms with Gasteiger partial charge in [0.05, 0.1) is 0 Å². The van der Waals surface area contributed by atoms with Crippen molar-refractivity contribution >= 4 is 26.0 Å². The first kappa shape index (κ1) is 14.5. The van der Waals surface area contributed by atoms with Crippen LogP contribution in [0.25, 0.3) is 0 Å². The van der Waals surface area contributed by atoms with E-state index >= 15 is 0 Å². The lowest BCUT2D eigenvalue weighted by molar-refractivity contribution is 0.424. The lowest BCUT2D eigenvalue weighted by Gasteiger charge is -2.19. The second kappa shape index (κ2) is 5.88. The van der Waals surface area contributed by atoms with E-state index in [1.165, 1.54) is 10.4 Å². The Labute approximate surface area is 108 Å². The minimum absolute atomic E-state index is 0.0294. The first-order valence-corrected chi connectivity index (χ1v) is 7.61. The van der Waals surface area contributed by atoms with Gasteiger partial charge in [-0.05, 0) is 17.7 Å². The van der Waals surface area contributed by atoms with E-state index in [1.54, 1.807) is 6.92 Å². The Morgan fingerprint density at radius 2 is 1.94 bits per heavy atom. The van der Waals surface area contributed by atoms with E-state index in [1.807, 2.05) is 0 Å². The molecule has 0 unspecified atom stereocenters. The van der Waals surface area contributed by atoms with Crippen LogP contribution in [0.4, 0.5) is 8.78 Å². The summed E-state index contributed by atoms with van der Waals surface area (Å²) in [5.74, 6) is -1.92. The van der Waals surface area contributed by atoms with Crippen molar-refractivity contribution in [2.75, 3.05) is 11.2 Å². The van der Waals surface area contributed by atoms with Crippen molar-refractivity contribution in [2.45, 2.75) is 13.5 Å². The molecule has 0 N–H and O–H groups in total. The van der Waals surface area contributed by atoms with Crippen molar-refractivity contribution in [1.29, 1.82) is 0 Å². The monoisotopic (exact) mass is 327 g/mol. The SMILES string of the molecule is CCN(Cc1ccc(F)c(F)c1)S(=O)(=O)CBr. The Kier molecular flexibility index (Phi) is 5.03. The molecule has 0 spiro atoms. The Morgan fingerprint density at radius 1 is 1.29 bits per heavy atom. The smallest absolute Gasteiger partial charge is 0.211 e. The fourth-order valence-electron chi connectivity index (χ4n) is 1.32. The van der Waals surface area contributed by atoms with E-state index in [9.17, 15) is 17.2 Å². The molecule has 0 aliphatic heterocycles. The van der Waals surface area contributed by atoms with Crippen molar-refractivity contribution in [3.05, 3.63) is 35.4 Å². The molecule has 0 radical (unpaired) electrons. The van der Waals surface area contributed by atoms with E-state index < -0.39 is 21.7 Å². The van der Waals surface area contributed by atoms with E-state index in [0.29, 0.717) is 5.56 Å². The topological polar surface area (TPSA) is 37.4 Å². The maximum atomic E-state index is 13.0. The molecule has 0 aliphatic carbocycles. The third-order valence-corrected chi connectivity index (χ3v) is 5.41. The van der Waals surface area contributed by atoms with Crippen LogP contribution in [0.2, 0.25) is 0 Å². The predicted octanol–water partition coefficient (Wildman–Crippen LogP) is 2.47. The molecule has 1 aromatic carbocycles. The van der Waals surface area contributed by atoms with Crippen LogP contribution in [0, 0.1) is 11.6 Å². The highest BCUT2D eigenvalue weighted by molar-refractivity contribution is 9.10. The molecule has 7 heteroatoms. The lowest BCUT2D eigenvalue weighted by atomic mass is 10.2. The summed E-state index contributed by atoms with van der Waals surface area (Å²) < 4.78 is 49.9. The van der Waals surface area contributed by atoms with Gasteiger partial charge in [-0.3, -0.25) is 0 Å². The van der Waals surface area contributed by atoms with Crippen molar-refractivity contribution in [1.82, 2.24) is 4.31 Å². The molecule has 0 amide bonds. The first-order valence-electron chi connectivity index (χ1n) is 4.88. The Bertz CT molecular complexity index is 493. The Hall–Kier alpha value is -0.530. The van der Waals surface area contributed by atoms with Crippen LogP contribution < -0.4 is 0 Å². The van der Waals surface area contributed by atoms with Crippen molar-refractivity contribution in [3.8, 4) is 0 Å². The summed E-state index contributed by atoms with van der Waals surface area (Å²) in [6.07, 6.45) is 0. The fraction of sp³-hybridized carbons (Fsp3) is 0.400. The van der Waals surface area contributed by atoms with Crippen molar-refractivity contribution < 1.29 is 17.2 Å². The zero-order valence-corrected chi connectivity index (χ0v) is 11.6. The van der Waals surface area contributed by atoms with Crippen LogP contribution in [0.1, 0.15) is 12.5 Å². The number of rotatable bonds is 5. The number of alkyl halides is 1. The third kappa shape index (κ3) is 3.72. The summed E-state index contributed by atoms with van der Waals surface area (Å²) in [7, 11) is -3.40. The van der Waals surface area contributed by atoms with Crippen LogP contribution in [0.3, 0.4) is 0 Å². The van der Waals surface area contributed by atoms with E-state index in [0.717, 1.165) is 12.1 Å². The summed E-state index contributed by atoms with van der Waals surface area (Å²) in [6, 6.07) is 3.35. The molecule has 0 fully saturated rings. The number of sulfonamides is 1. The summed E-state index contributed by atoms with van der Waals surface area (Å²) in [5, 5.41) is 0. The number of hydrogen-bond donors (Lipinski definition) is 0. The maximum absolute atomic E-state index is 13.0. The molecule has 1 aromatic rings. The molecule has 1 rings (SSSR count). The molecule has 0 aliphatic rings. The van der Waals surface area contributed by atoms with Gasteiger partial charge in [-0.25, -0.2) is 17.2 Å². The van der Waals surface area contributed by atoms with Gasteiger partial charge in [0.15, 0.2) is 11.6 Å². The number of halogens is 3. The molecule has 96 valence electrons. The molecule has 0 aromatic heterocycles. The van der Waals surface area contributed by atoms with Crippen LogP contribution in [0.5, 0.6) is 0 Å². The normalized spacial score (nSPS) is 12.1. The van der Waals surface area contributed by atoms with Gasteiger partial charge in [0, 0.05) is 13.1 Å².